The van der Waals surface area contributed by atoms with Crippen molar-refractivity contribution in [2.24, 2.45) is 4.99 Å². The molecule has 0 aliphatic carbocycles. The number of amides is 1. The van der Waals surface area contributed by atoms with Gasteiger partial charge >= 0.3 is 0 Å². The number of carbonyl (C=O) groups excluding carboxylic acids is 1. The molecule has 7 nitrogen and oxygen atoms in total. The summed E-state index contributed by atoms with van der Waals surface area (Å²) in [6.07, 6.45) is 0. The van der Waals surface area contributed by atoms with Crippen LogP contribution in [0.25, 0.3) is 0 Å². The smallest absolute Gasteiger partial charge is 0.274 e. The Bertz CT molecular complexity index is 1150. The number of sulfone groups is 1. The summed E-state index contributed by atoms with van der Waals surface area (Å²) < 4.78 is 35.6. The van der Waals surface area contributed by atoms with Gasteiger partial charge in [0.1, 0.15) is 12.4 Å². The van der Waals surface area contributed by atoms with Gasteiger partial charge in [0.15, 0.2) is 20.8 Å². The molecule has 2 aliphatic heterocycles. The van der Waals surface area contributed by atoms with Gasteiger partial charge in [0.05, 0.1) is 23.2 Å². The summed E-state index contributed by atoms with van der Waals surface area (Å²) in [5.41, 5.74) is 1.61. The Kier molecular flexibility index (Phi) is 6.30. The highest BCUT2D eigenvalue weighted by molar-refractivity contribution is 8.16. The number of rotatable bonds is 5. The van der Waals surface area contributed by atoms with Gasteiger partial charge in [-0.3, -0.25) is 4.79 Å². The number of halogens is 1. The average Bonchev–Trinajstić information content (AvgIpc) is 3.14. The first kappa shape index (κ1) is 22.1. The van der Waals surface area contributed by atoms with E-state index in [9.17, 15) is 13.2 Å². The van der Waals surface area contributed by atoms with Gasteiger partial charge < -0.3 is 14.4 Å². The molecule has 0 aromatic heterocycles. The quantitative estimate of drug-likeness (QED) is 0.645. The van der Waals surface area contributed by atoms with Crippen molar-refractivity contribution in [3.05, 3.63) is 53.1 Å². The number of fused-ring (bicyclic) bond motifs is 1. The van der Waals surface area contributed by atoms with Gasteiger partial charge in [0, 0.05) is 17.4 Å². The molecule has 2 saturated heterocycles. The number of amidine groups is 1. The fraction of sp³-hybridized carbons (Fsp3) is 0.333. The van der Waals surface area contributed by atoms with Crippen molar-refractivity contribution in [1.82, 2.24) is 0 Å². The van der Waals surface area contributed by atoms with Crippen LogP contribution < -0.4 is 9.64 Å². The van der Waals surface area contributed by atoms with E-state index in [2.05, 4.69) is 4.99 Å². The van der Waals surface area contributed by atoms with Crippen LogP contribution in [-0.2, 0) is 19.4 Å². The molecule has 4 rings (SSSR count). The second kappa shape index (κ2) is 8.82. The van der Waals surface area contributed by atoms with Crippen LogP contribution in [0.2, 0.25) is 5.02 Å². The van der Waals surface area contributed by atoms with Crippen molar-refractivity contribution >= 4 is 50.0 Å². The highest BCUT2D eigenvalue weighted by Crippen LogP contribution is 2.45. The SMILES string of the molecule is COCC(=O)N=C1S[C@H]2CS(=O)(=O)C[C@@H]2N1c1cc(Cl)ccc1Oc1cccc(C)c1. The van der Waals surface area contributed by atoms with Crippen LogP contribution in [0.15, 0.2) is 47.5 Å². The summed E-state index contributed by atoms with van der Waals surface area (Å²) in [5, 5.41) is 0.650. The van der Waals surface area contributed by atoms with Gasteiger partial charge in [0.25, 0.3) is 5.91 Å². The van der Waals surface area contributed by atoms with Gasteiger partial charge in [-0.2, -0.15) is 4.99 Å². The number of hydrogen-bond donors (Lipinski definition) is 0. The molecule has 0 bridgehead atoms. The van der Waals surface area contributed by atoms with Crippen LogP contribution in [0.3, 0.4) is 0 Å². The lowest BCUT2D eigenvalue weighted by molar-refractivity contribution is -0.121. The van der Waals surface area contributed by atoms with E-state index >= 15 is 0 Å². The molecular formula is C21H21ClN2O5S2. The van der Waals surface area contributed by atoms with Gasteiger partial charge in [-0.05, 0) is 42.8 Å². The third-order valence-electron chi connectivity index (χ3n) is 4.95. The van der Waals surface area contributed by atoms with Crippen LogP contribution in [-0.4, -0.2) is 56.0 Å². The third kappa shape index (κ3) is 4.90. The molecule has 0 spiro atoms. The van der Waals surface area contributed by atoms with Gasteiger partial charge in [-0.1, -0.05) is 35.5 Å². The Morgan fingerprint density at radius 2 is 2.06 bits per heavy atom. The Balaban J connectivity index is 1.78. The molecular weight excluding hydrogens is 460 g/mol. The number of benzene rings is 2. The van der Waals surface area contributed by atoms with E-state index in [0.717, 1.165) is 5.56 Å². The molecule has 2 aromatic carbocycles. The van der Waals surface area contributed by atoms with Crippen molar-refractivity contribution in [3.8, 4) is 11.5 Å². The first-order chi connectivity index (χ1) is 14.8. The summed E-state index contributed by atoms with van der Waals surface area (Å²) in [6.45, 7) is 1.81. The van der Waals surface area contributed by atoms with E-state index in [1.165, 1.54) is 18.9 Å². The summed E-state index contributed by atoms with van der Waals surface area (Å²) in [6, 6.07) is 12.4. The molecule has 0 saturated carbocycles. The highest BCUT2D eigenvalue weighted by atomic mass is 35.5. The molecule has 2 atom stereocenters. The fourth-order valence-corrected chi connectivity index (χ4v) is 7.77. The molecule has 2 aliphatic rings. The summed E-state index contributed by atoms with van der Waals surface area (Å²) >= 11 is 7.58. The maximum atomic E-state index is 12.3. The largest absolute Gasteiger partial charge is 0.455 e. The zero-order valence-electron chi connectivity index (χ0n) is 16.9. The van der Waals surface area contributed by atoms with Crippen LogP contribution in [0, 0.1) is 6.92 Å². The molecule has 2 heterocycles. The lowest BCUT2D eigenvalue weighted by Crippen LogP contribution is -2.38. The maximum absolute atomic E-state index is 12.3. The predicted molar refractivity (Wildman–Crippen MR) is 123 cm³/mol. The second-order valence-electron chi connectivity index (χ2n) is 7.42. The van der Waals surface area contributed by atoms with Crippen molar-refractivity contribution in [3.63, 3.8) is 0 Å². The summed E-state index contributed by atoms with van der Waals surface area (Å²) in [7, 11) is -1.78. The third-order valence-corrected chi connectivity index (χ3v) is 8.40. The number of aliphatic imine (C=N–C) groups is 1. The van der Waals surface area contributed by atoms with Gasteiger partial charge in [-0.15, -0.1) is 0 Å². The number of nitrogens with zero attached hydrogens (tertiary/aromatic N) is 2. The average molecular weight is 481 g/mol. The normalized spacial score (nSPS) is 23.2. The fourth-order valence-electron chi connectivity index (χ4n) is 3.68. The number of hydrogen-bond acceptors (Lipinski definition) is 6. The number of carbonyl (C=O) groups is 1. The standard InChI is InChI=1S/C21H21ClN2O5S2/c1-13-4-3-5-15(8-13)29-18-7-6-14(22)9-16(18)24-17-11-31(26,27)12-19(17)30-21(24)23-20(25)10-28-2/h3-9,17,19H,10-12H2,1-2H3/t17-,19-/m0/s1. The van der Waals surface area contributed by atoms with E-state index in [4.69, 9.17) is 21.1 Å². The first-order valence-corrected chi connectivity index (χ1v) is 12.6. The molecule has 164 valence electrons. The van der Waals surface area contributed by atoms with E-state index in [0.29, 0.717) is 27.4 Å². The van der Waals surface area contributed by atoms with E-state index in [1.807, 2.05) is 31.2 Å². The van der Waals surface area contributed by atoms with Crippen LogP contribution >= 0.6 is 23.4 Å². The lowest BCUT2D eigenvalue weighted by atomic mass is 10.2. The van der Waals surface area contributed by atoms with Gasteiger partial charge in [0.2, 0.25) is 0 Å². The lowest BCUT2D eigenvalue weighted by Gasteiger charge is -2.26. The number of anilines is 1. The van der Waals surface area contributed by atoms with E-state index < -0.39 is 15.7 Å². The number of methoxy groups -OCH3 is 1. The molecule has 10 heteroatoms. The van der Waals surface area contributed by atoms with E-state index in [1.54, 1.807) is 23.1 Å². The molecule has 31 heavy (non-hydrogen) atoms. The van der Waals surface area contributed by atoms with Crippen molar-refractivity contribution in [1.29, 1.82) is 0 Å². The topological polar surface area (TPSA) is 85.3 Å². The molecule has 0 radical (unpaired) electrons. The van der Waals surface area contributed by atoms with Crippen LogP contribution in [0.5, 0.6) is 11.5 Å². The second-order valence-corrected chi connectivity index (χ2v) is 11.2. The summed E-state index contributed by atoms with van der Waals surface area (Å²) in [4.78, 5) is 18.1. The van der Waals surface area contributed by atoms with Crippen LogP contribution in [0.1, 0.15) is 5.56 Å². The van der Waals surface area contributed by atoms with Crippen molar-refractivity contribution in [2.45, 2.75) is 18.2 Å². The number of aryl methyl sites for hydroxylation is 1. The highest BCUT2D eigenvalue weighted by Gasteiger charge is 2.50. The Morgan fingerprint density at radius 1 is 1.26 bits per heavy atom. The van der Waals surface area contributed by atoms with Crippen LogP contribution in [0.4, 0.5) is 5.69 Å². The molecule has 0 unspecified atom stereocenters. The predicted octanol–water partition coefficient (Wildman–Crippen LogP) is 3.69. The Morgan fingerprint density at radius 3 is 2.81 bits per heavy atom. The molecule has 2 fully saturated rings. The van der Waals surface area contributed by atoms with Crippen molar-refractivity contribution in [2.75, 3.05) is 30.1 Å². The molecule has 1 amide bonds. The molecule has 0 N–H and O–H groups in total. The zero-order chi connectivity index (χ0) is 22.2. The Hall–Kier alpha value is -2.07. The number of thioether (sulfide) groups is 1. The van der Waals surface area contributed by atoms with Gasteiger partial charge in [-0.25, -0.2) is 8.42 Å². The van der Waals surface area contributed by atoms with E-state index in [-0.39, 0.29) is 29.4 Å². The maximum Gasteiger partial charge on any atom is 0.274 e. The monoisotopic (exact) mass is 480 g/mol. The summed E-state index contributed by atoms with van der Waals surface area (Å²) in [5.74, 6) is 0.692. The first-order valence-electron chi connectivity index (χ1n) is 9.56. The number of ether oxygens (including phenoxy) is 2. The van der Waals surface area contributed by atoms with Crippen molar-refractivity contribution < 1.29 is 22.7 Å². The molecule has 2 aromatic rings. The minimum absolute atomic E-state index is 0.0292. The minimum Gasteiger partial charge on any atom is -0.455 e. The zero-order valence-corrected chi connectivity index (χ0v) is 19.3. The minimum atomic E-state index is -3.20. The Labute approximate surface area is 190 Å².